The van der Waals surface area contributed by atoms with Crippen LogP contribution in [0.15, 0.2) is 0 Å². The van der Waals surface area contributed by atoms with E-state index in [4.69, 9.17) is 10.00 Å². The Morgan fingerprint density at radius 3 is 2.93 bits per heavy atom. The molecule has 0 aromatic rings. The van der Waals surface area contributed by atoms with Crippen LogP contribution in [0.5, 0.6) is 0 Å². The van der Waals surface area contributed by atoms with Crippen LogP contribution in [0.2, 0.25) is 0 Å². The Kier molecular flexibility index (Phi) is 4.09. The number of Topliss-reactive ketones (excluding diaryl/α,β-unsaturated/α-hetero) is 1. The van der Waals surface area contributed by atoms with E-state index >= 15 is 0 Å². The Morgan fingerprint density at radius 2 is 2.36 bits per heavy atom. The second-order valence-electron chi connectivity index (χ2n) is 3.77. The molecule has 0 N–H and O–H groups in total. The van der Waals surface area contributed by atoms with Gasteiger partial charge in [0.15, 0.2) is 5.78 Å². The van der Waals surface area contributed by atoms with Crippen LogP contribution in [0.4, 0.5) is 0 Å². The zero-order chi connectivity index (χ0) is 10.4. The first-order chi connectivity index (χ1) is 6.75. The van der Waals surface area contributed by atoms with Crippen molar-refractivity contribution in [2.45, 2.75) is 39.0 Å². The summed E-state index contributed by atoms with van der Waals surface area (Å²) in [6, 6.07) is 2.20. The predicted molar refractivity (Wildman–Crippen MR) is 52.6 cm³/mol. The van der Waals surface area contributed by atoms with Crippen molar-refractivity contribution in [3.63, 3.8) is 0 Å². The van der Waals surface area contributed by atoms with Crippen LogP contribution < -0.4 is 0 Å². The van der Waals surface area contributed by atoms with Crippen LogP contribution >= 0.6 is 0 Å². The molecule has 14 heavy (non-hydrogen) atoms. The van der Waals surface area contributed by atoms with Gasteiger partial charge in [-0.2, -0.15) is 5.26 Å². The second kappa shape index (κ2) is 5.11. The summed E-state index contributed by atoms with van der Waals surface area (Å²) in [5.74, 6) is 0.117. The van der Waals surface area contributed by atoms with Gasteiger partial charge in [-0.25, -0.2) is 0 Å². The maximum atomic E-state index is 11.7. The summed E-state index contributed by atoms with van der Waals surface area (Å²) >= 11 is 0. The third-order valence-corrected chi connectivity index (χ3v) is 2.88. The largest absolute Gasteiger partial charge is 0.382 e. The van der Waals surface area contributed by atoms with Gasteiger partial charge in [0.2, 0.25) is 0 Å². The Labute approximate surface area is 85.1 Å². The van der Waals surface area contributed by atoms with Crippen molar-refractivity contribution >= 4 is 5.78 Å². The highest BCUT2D eigenvalue weighted by Crippen LogP contribution is 2.35. The Bertz CT molecular complexity index is 244. The van der Waals surface area contributed by atoms with Crippen molar-refractivity contribution < 1.29 is 9.53 Å². The third-order valence-electron chi connectivity index (χ3n) is 2.88. The fraction of sp³-hybridized carbons (Fsp3) is 0.818. The van der Waals surface area contributed by atoms with Crippen molar-refractivity contribution in [2.24, 2.45) is 5.41 Å². The molecule has 1 aliphatic rings. The molecule has 0 bridgehead atoms. The third kappa shape index (κ3) is 2.33. The minimum atomic E-state index is -0.729. The SMILES string of the molecule is CCOCCC1(C#N)CCCCC1=O. The minimum absolute atomic E-state index is 0.117. The summed E-state index contributed by atoms with van der Waals surface area (Å²) < 4.78 is 5.21. The number of hydrogen-bond donors (Lipinski definition) is 0. The van der Waals surface area contributed by atoms with E-state index in [1.807, 2.05) is 6.92 Å². The quantitative estimate of drug-likeness (QED) is 0.645. The van der Waals surface area contributed by atoms with Gasteiger partial charge >= 0.3 is 0 Å². The van der Waals surface area contributed by atoms with E-state index in [-0.39, 0.29) is 5.78 Å². The fourth-order valence-electron chi connectivity index (χ4n) is 1.92. The van der Waals surface area contributed by atoms with Crippen molar-refractivity contribution in [1.29, 1.82) is 5.26 Å². The van der Waals surface area contributed by atoms with Crippen LogP contribution in [0, 0.1) is 16.7 Å². The zero-order valence-electron chi connectivity index (χ0n) is 8.71. The van der Waals surface area contributed by atoms with Gasteiger partial charge in [0.05, 0.1) is 6.07 Å². The molecule has 1 fully saturated rings. The van der Waals surface area contributed by atoms with E-state index in [0.29, 0.717) is 26.1 Å². The van der Waals surface area contributed by atoms with E-state index in [1.165, 1.54) is 0 Å². The van der Waals surface area contributed by atoms with Gasteiger partial charge in [-0.1, -0.05) is 6.42 Å². The van der Waals surface area contributed by atoms with Crippen molar-refractivity contribution in [3.8, 4) is 6.07 Å². The van der Waals surface area contributed by atoms with Crippen molar-refractivity contribution in [2.75, 3.05) is 13.2 Å². The molecule has 1 unspecified atom stereocenters. The maximum Gasteiger partial charge on any atom is 0.153 e. The van der Waals surface area contributed by atoms with Gasteiger partial charge < -0.3 is 4.74 Å². The van der Waals surface area contributed by atoms with Crippen molar-refractivity contribution in [3.05, 3.63) is 0 Å². The molecule has 1 aliphatic carbocycles. The summed E-state index contributed by atoms with van der Waals surface area (Å²) in [6.07, 6.45) is 3.79. The number of rotatable bonds is 4. The maximum absolute atomic E-state index is 11.7. The van der Waals surface area contributed by atoms with E-state index in [0.717, 1.165) is 19.3 Å². The number of carbonyl (C=O) groups is 1. The summed E-state index contributed by atoms with van der Waals surface area (Å²) in [5.41, 5.74) is -0.729. The lowest BCUT2D eigenvalue weighted by molar-refractivity contribution is -0.129. The number of hydrogen-bond acceptors (Lipinski definition) is 3. The second-order valence-corrected chi connectivity index (χ2v) is 3.77. The van der Waals surface area contributed by atoms with Crippen LogP contribution in [-0.4, -0.2) is 19.0 Å². The highest BCUT2D eigenvalue weighted by molar-refractivity contribution is 5.88. The summed E-state index contributed by atoms with van der Waals surface area (Å²) in [7, 11) is 0. The molecular formula is C11H17NO2. The normalized spacial score (nSPS) is 27.3. The molecule has 0 saturated heterocycles. The molecule has 0 aromatic carbocycles. The van der Waals surface area contributed by atoms with Crippen LogP contribution in [0.3, 0.4) is 0 Å². The predicted octanol–water partition coefficient (Wildman–Crippen LogP) is 2.07. The smallest absolute Gasteiger partial charge is 0.153 e. The lowest BCUT2D eigenvalue weighted by Crippen LogP contribution is -2.34. The summed E-state index contributed by atoms with van der Waals surface area (Å²) in [6.45, 7) is 3.09. The van der Waals surface area contributed by atoms with E-state index in [2.05, 4.69) is 6.07 Å². The lowest BCUT2D eigenvalue weighted by atomic mass is 9.72. The molecule has 3 nitrogen and oxygen atoms in total. The van der Waals surface area contributed by atoms with E-state index in [1.54, 1.807) is 0 Å². The molecule has 0 amide bonds. The molecule has 78 valence electrons. The highest BCUT2D eigenvalue weighted by atomic mass is 16.5. The molecule has 3 heteroatoms. The monoisotopic (exact) mass is 195 g/mol. The van der Waals surface area contributed by atoms with Crippen LogP contribution in [-0.2, 0) is 9.53 Å². The van der Waals surface area contributed by atoms with Gasteiger partial charge in [0, 0.05) is 19.6 Å². The lowest BCUT2D eigenvalue weighted by Gasteiger charge is -2.28. The number of carbonyl (C=O) groups excluding carboxylic acids is 1. The topological polar surface area (TPSA) is 50.1 Å². The highest BCUT2D eigenvalue weighted by Gasteiger charge is 2.39. The van der Waals surface area contributed by atoms with Gasteiger partial charge in [0.1, 0.15) is 5.41 Å². The molecule has 0 heterocycles. The summed E-state index contributed by atoms with van der Waals surface area (Å²) in [4.78, 5) is 11.7. The molecule has 0 aliphatic heterocycles. The molecule has 0 spiro atoms. The van der Waals surface area contributed by atoms with Gasteiger partial charge in [-0.3, -0.25) is 4.79 Å². The molecule has 1 rings (SSSR count). The van der Waals surface area contributed by atoms with Gasteiger partial charge in [0.25, 0.3) is 0 Å². The Morgan fingerprint density at radius 1 is 1.57 bits per heavy atom. The van der Waals surface area contributed by atoms with Gasteiger partial charge in [-0.15, -0.1) is 0 Å². The summed E-state index contributed by atoms with van der Waals surface area (Å²) in [5, 5.41) is 9.08. The number of ether oxygens (including phenoxy) is 1. The first kappa shape index (κ1) is 11.2. The Hall–Kier alpha value is -0.880. The number of nitriles is 1. The zero-order valence-corrected chi connectivity index (χ0v) is 8.71. The fourth-order valence-corrected chi connectivity index (χ4v) is 1.92. The molecule has 0 radical (unpaired) electrons. The first-order valence-electron chi connectivity index (χ1n) is 5.27. The van der Waals surface area contributed by atoms with Crippen LogP contribution in [0.1, 0.15) is 39.0 Å². The molecule has 0 aromatic heterocycles. The first-order valence-corrected chi connectivity index (χ1v) is 5.27. The molecule has 1 saturated carbocycles. The van der Waals surface area contributed by atoms with Crippen LogP contribution in [0.25, 0.3) is 0 Å². The molecular weight excluding hydrogens is 178 g/mol. The van der Waals surface area contributed by atoms with Gasteiger partial charge in [-0.05, 0) is 26.2 Å². The standard InChI is InChI=1S/C11H17NO2/c1-2-14-8-7-11(9-12)6-4-3-5-10(11)13/h2-8H2,1H3. The Balaban J connectivity index is 2.55. The van der Waals surface area contributed by atoms with E-state index < -0.39 is 5.41 Å². The number of ketones is 1. The minimum Gasteiger partial charge on any atom is -0.382 e. The van der Waals surface area contributed by atoms with E-state index in [9.17, 15) is 4.79 Å². The number of nitrogens with zero attached hydrogens (tertiary/aromatic N) is 1. The average molecular weight is 195 g/mol. The average Bonchev–Trinajstić information content (AvgIpc) is 2.21. The molecule has 1 atom stereocenters. The van der Waals surface area contributed by atoms with Crippen molar-refractivity contribution in [1.82, 2.24) is 0 Å².